The normalized spacial score (nSPS) is 32.5. The molecule has 14 heavy (non-hydrogen) atoms. The summed E-state index contributed by atoms with van der Waals surface area (Å²) in [4.78, 5) is 13.7. The number of rotatable bonds is 2. The van der Waals surface area contributed by atoms with E-state index in [1.165, 1.54) is 0 Å². The SMILES string of the molecule is O=C(C1CCOC1)N1CCC(CO)C1. The van der Waals surface area contributed by atoms with E-state index in [9.17, 15) is 4.79 Å². The Hall–Kier alpha value is -0.610. The van der Waals surface area contributed by atoms with Gasteiger partial charge >= 0.3 is 0 Å². The van der Waals surface area contributed by atoms with Crippen LogP contribution in [0.3, 0.4) is 0 Å². The Labute approximate surface area is 83.8 Å². The number of carbonyl (C=O) groups excluding carboxylic acids is 1. The Morgan fingerprint density at radius 2 is 2.36 bits per heavy atom. The highest BCUT2D eigenvalue weighted by molar-refractivity contribution is 5.79. The molecule has 1 N–H and O–H groups in total. The maximum absolute atomic E-state index is 11.9. The summed E-state index contributed by atoms with van der Waals surface area (Å²) in [5.74, 6) is 0.590. The average molecular weight is 199 g/mol. The van der Waals surface area contributed by atoms with Crippen molar-refractivity contribution in [3.8, 4) is 0 Å². The second-order valence-corrected chi connectivity index (χ2v) is 4.18. The number of ether oxygens (including phenoxy) is 1. The molecular formula is C10H17NO3. The van der Waals surface area contributed by atoms with Crippen LogP contribution < -0.4 is 0 Å². The largest absolute Gasteiger partial charge is 0.396 e. The molecule has 0 aromatic rings. The zero-order valence-corrected chi connectivity index (χ0v) is 8.32. The number of likely N-dealkylation sites (tertiary alicyclic amines) is 1. The summed E-state index contributed by atoms with van der Waals surface area (Å²) < 4.78 is 5.19. The van der Waals surface area contributed by atoms with Gasteiger partial charge in [-0.1, -0.05) is 0 Å². The molecule has 0 aromatic carbocycles. The molecule has 2 aliphatic rings. The molecule has 2 rings (SSSR count). The highest BCUT2D eigenvalue weighted by atomic mass is 16.5. The molecule has 2 fully saturated rings. The van der Waals surface area contributed by atoms with Crippen molar-refractivity contribution in [1.29, 1.82) is 0 Å². The fourth-order valence-corrected chi connectivity index (χ4v) is 2.17. The lowest BCUT2D eigenvalue weighted by Crippen LogP contribution is -2.34. The van der Waals surface area contributed by atoms with Gasteiger partial charge < -0.3 is 14.7 Å². The van der Waals surface area contributed by atoms with Gasteiger partial charge in [-0.15, -0.1) is 0 Å². The van der Waals surface area contributed by atoms with E-state index in [0.29, 0.717) is 19.1 Å². The van der Waals surface area contributed by atoms with Crippen LogP contribution in [0.4, 0.5) is 0 Å². The van der Waals surface area contributed by atoms with E-state index in [0.717, 1.165) is 25.9 Å². The zero-order valence-electron chi connectivity index (χ0n) is 8.32. The van der Waals surface area contributed by atoms with Gasteiger partial charge in [-0.25, -0.2) is 0 Å². The molecule has 0 aliphatic carbocycles. The summed E-state index contributed by atoms with van der Waals surface area (Å²) in [6.45, 7) is 3.03. The molecule has 0 spiro atoms. The van der Waals surface area contributed by atoms with Crippen molar-refractivity contribution < 1.29 is 14.6 Å². The Morgan fingerprint density at radius 3 is 2.93 bits per heavy atom. The Bertz CT molecular complexity index is 213. The van der Waals surface area contributed by atoms with Gasteiger partial charge in [0.1, 0.15) is 0 Å². The highest BCUT2D eigenvalue weighted by Gasteiger charge is 2.32. The summed E-state index contributed by atoms with van der Waals surface area (Å²) in [6.07, 6.45) is 1.80. The van der Waals surface area contributed by atoms with Crippen LogP contribution >= 0.6 is 0 Å². The standard InChI is InChI=1S/C10H17NO3/c12-6-8-1-3-11(5-8)10(13)9-2-4-14-7-9/h8-9,12H,1-7H2. The number of amides is 1. The highest BCUT2D eigenvalue weighted by Crippen LogP contribution is 2.21. The Morgan fingerprint density at radius 1 is 1.50 bits per heavy atom. The maximum atomic E-state index is 11.9. The summed E-state index contributed by atoms with van der Waals surface area (Å²) >= 11 is 0. The summed E-state index contributed by atoms with van der Waals surface area (Å²) in [7, 11) is 0. The molecule has 2 atom stereocenters. The number of nitrogens with zero attached hydrogens (tertiary/aromatic N) is 1. The quantitative estimate of drug-likeness (QED) is 0.673. The van der Waals surface area contributed by atoms with E-state index in [2.05, 4.69) is 0 Å². The lowest BCUT2D eigenvalue weighted by atomic mass is 10.1. The van der Waals surface area contributed by atoms with Crippen molar-refractivity contribution in [3.63, 3.8) is 0 Å². The average Bonchev–Trinajstić information content (AvgIpc) is 2.88. The van der Waals surface area contributed by atoms with Crippen molar-refractivity contribution in [3.05, 3.63) is 0 Å². The first kappa shape index (κ1) is 9.93. The molecule has 2 saturated heterocycles. The first-order chi connectivity index (χ1) is 6.81. The van der Waals surface area contributed by atoms with E-state index >= 15 is 0 Å². The van der Waals surface area contributed by atoms with Crippen molar-refractivity contribution >= 4 is 5.91 Å². The number of carbonyl (C=O) groups is 1. The van der Waals surface area contributed by atoms with E-state index in [4.69, 9.17) is 9.84 Å². The first-order valence-corrected chi connectivity index (χ1v) is 5.28. The molecule has 1 amide bonds. The van der Waals surface area contributed by atoms with Gasteiger partial charge in [-0.2, -0.15) is 0 Å². The molecule has 80 valence electrons. The third-order valence-electron chi connectivity index (χ3n) is 3.13. The van der Waals surface area contributed by atoms with Crippen LogP contribution in [0.15, 0.2) is 0 Å². The molecule has 2 aliphatic heterocycles. The Balaban J connectivity index is 1.86. The van der Waals surface area contributed by atoms with Crippen LogP contribution in [0.5, 0.6) is 0 Å². The molecule has 0 radical (unpaired) electrons. The van der Waals surface area contributed by atoms with E-state index in [1.807, 2.05) is 4.90 Å². The van der Waals surface area contributed by atoms with Gasteiger partial charge in [0, 0.05) is 32.2 Å². The van der Waals surface area contributed by atoms with Crippen LogP contribution in [0, 0.1) is 11.8 Å². The summed E-state index contributed by atoms with van der Waals surface area (Å²) in [5.41, 5.74) is 0. The zero-order chi connectivity index (χ0) is 9.97. The van der Waals surface area contributed by atoms with Crippen LogP contribution in [0.2, 0.25) is 0 Å². The maximum Gasteiger partial charge on any atom is 0.228 e. The number of aliphatic hydroxyl groups is 1. The van der Waals surface area contributed by atoms with Crippen molar-refractivity contribution in [2.45, 2.75) is 12.8 Å². The van der Waals surface area contributed by atoms with E-state index in [1.54, 1.807) is 0 Å². The van der Waals surface area contributed by atoms with E-state index in [-0.39, 0.29) is 18.4 Å². The van der Waals surface area contributed by atoms with Crippen LogP contribution in [-0.4, -0.2) is 48.8 Å². The van der Waals surface area contributed by atoms with Crippen molar-refractivity contribution in [2.75, 3.05) is 32.9 Å². The van der Waals surface area contributed by atoms with Crippen LogP contribution in [0.1, 0.15) is 12.8 Å². The number of hydrogen-bond acceptors (Lipinski definition) is 3. The predicted molar refractivity (Wildman–Crippen MR) is 50.7 cm³/mol. The summed E-state index contributed by atoms with van der Waals surface area (Å²) in [6, 6.07) is 0. The third-order valence-corrected chi connectivity index (χ3v) is 3.13. The number of hydrogen-bond donors (Lipinski definition) is 1. The minimum absolute atomic E-state index is 0.0763. The second-order valence-electron chi connectivity index (χ2n) is 4.18. The van der Waals surface area contributed by atoms with Gasteiger partial charge in [0.15, 0.2) is 0 Å². The minimum Gasteiger partial charge on any atom is -0.396 e. The molecule has 0 saturated carbocycles. The van der Waals surface area contributed by atoms with Crippen molar-refractivity contribution in [2.24, 2.45) is 11.8 Å². The third kappa shape index (κ3) is 1.91. The number of aliphatic hydroxyl groups excluding tert-OH is 1. The first-order valence-electron chi connectivity index (χ1n) is 5.28. The smallest absolute Gasteiger partial charge is 0.228 e. The molecule has 2 heterocycles. The minimum atomic E-state index is 0.0763. The molecule has 4 nitrogen and oxygen atoms in total. The van der Waals surface area contributed by atoms with Gasteiger partial charge in [0.25, 0.3) is 0 Å². The fourth-order valence-electron chi connectivity index (χ4n) is 2.17. The monoisotopic (exact) mass is 199 g/mol. The van der Waals surface area contributed by atoms with E-state index < -0.39 is 0 Å². The van der Waals surface area contributed by atoms with Gasteiger partial charge in [0.2, 0.25) is 5.91 Å². The molecule has 4 heteroatoms. The summed E-state index contributed by atoms with van der Waals surface area (Å²) in [5, 5.41) is 8.97. The predicted octanol–water partition coefficient (Wildman–Crippen LogP) is -0.136. The Kier molecular flexibility index (Phi) is 3.03. The molecular weight excluding hydrogens is 182 g/mol. The fraction of sp³-hybridized carbons (Fsp3) is 0.900. The molecule has 0 bridgehead atoms. The molecule has 0 aromatic heterocycles. The molecule has 2 unspecified atom stereocenters. The topological polar surface area (TPSA) is 49.8 Å². The van der Waals surface area contributed by atoms with Gasteiger partial charge in [-0.05, 0) is 12.8 Å². The van der Waals surface area contributed by atoms with Crippen molar-refractivity contribution in [1.82, 2.24) is 4.90 Å². The lowest BCUT2D eigenvalue weighted by Gasteiger charge is -2.19. The van der Waals surface area contributed by atoms with Crippen LogP contribution in [-0.2, 0) is 9.53 Å². The van der Waals surface area contributed by atoms with Crippen LogP contribution in [0.25, 0.3) is 0 Å². The lowest BCUT2D eigenvalue weighted by molar-refractivity contribution is -0.134. The second kappa shape index (κ2) is 4.28. The van der Waals surface area contributed by atoms with Gasteiger partial charge in [-0.3, -0.25) is 4.79 Å². The van der Waals surface area contributed by atoms with Gasteiger partial charge in [0.05, 0.1) is 12.5 Å².